The highest BCUT2D eigenvalue weighted by Gasteiger charge is 2.30. The van der Waals surface area contributed by atoms with Gasteiger partial charge in [-0.15, -0.1) is 0 Å². The van der Waals surface area contributed by atoms with E-state index in [1.807, 2.05) is 25.1 Å². The van der Waals surface area contributed by atoms with E-state index < -0.39 is 15.1 Å². The van der Waals surface area contributed by atoms with Crippen LogP contribution in [0.3, 0.4) is 0 Å². The minimum absolute atomic E-state index is 0.0733. The third kappa shape index (κ3) is 4.27. The molecular weight excluding hydrogens is 396 g/mol. The van der Waals surface area contributed by atoms with E-state index >= 15 is 0 Å². The third-order valence-electron chi connectivity index (χ3n) is 6.16. The van der Waals surface area contributed by atoms with Crippen molar-refractivity contribution in [2.24, 2.45) is 0 Å². The van der Waals surface area contributed by atoms with Gasteiger partial charge in [0, 0.05) is 30.6 Å². The molecule has 0 spiro atoms. The summed E-state index contributed by atoms with van der Waals surface area (Å²) >= 11 is 0. The minimum atomic E-state index is -3.33. The fraction of sp³-hybridized carbons (Fsp3) is 0.500. The van der Waals surface area contributed by atoms with Crippen LogP contribution in [0, 0.1) is 0 Å². The first-order chi connectivity index (χ1) is 14.4. The summed E-state index contributed by atoms with van der Waals surface area (Å²) in [5, 5.41) is 6.90. The molecule has 162 valence electrons. The SMILES string of the molecule is CC1Cc2cc(S(=O)(=O)C(C)C)cc(CN[C@H]3CCCN[C@H]3c3ccccc3)c2O1. The zero-order valence-electron chi connectivity index (χ0n) is 18.0. The Morgan fingerprint density at radius 3 is 2.70 bits per heavy atom. The highest BCUT2D eigenvalue weighted by atomic mass is 32.2. The molecule has 0 aromatic heterocycles. The van der Waals surface area contributed by atoms with E-state index in [1.54, 1.807) is 13.8 Å². The zero-order chi connectivity index (χ0) is 21.3. The van der Waals surface area contributed by atoms with Crippen LogP contribution in [-0.4, -0.2) is 32.4 Å². The van der Waals surface area contributed by atoms with Gasteiger partial charge in [0.1, 0.15) is 11.9 Å². The van der Waals surface area contributed by atoms with Crippen molar-refractivity contribution in [1.29, 1.82) is 0 Å². The van der Waals surface area contributed by atoms with E-state index in [2.05, 4.69) is 34.9 Å². The van der Waals surface area contributed by atoms with Crippen LogP contribution >= 0.6 is 0 Å². The molecule has 2 N–H and O–H groups in total. The van der Waals surface area contributed by atoms with Crippen LogP contribution in [0.5, 0.6) is 5.75 Å². The first kappa shape index (κ1) is 21.3. The van der Waals surface area contributed by atoms with E-state index in [0.717, 1.165) is 42.7 Å². The smallest absolute Gasteiger partial charge is 0.180 e. The molecule has 4 rings (SSSR count). The first-order valence-electron chi connectivity index (χ1n) is 10.9. The van der Waals surface area contributed by atoms with E-state index in [9.17, 15) is 8.42 Å². The zero-order valence-corrected chi connectivity index (χ0v) is 18.8. The molecule has 0 radical (unpaired) electrons. The van der Waals surface area contributed by atoms with Gasteiger partial charge in [0.15, 0.2) is 9.84 Å². The van der Waals surface area contributed by atoms with E-state index in [4.69, 9.17) is 4.74 Å². The summed E-state index contributed by atoms with van der Waals surface area (Å²) in [6.45, 7) is 7.10. The number of sulfone groups is 1. The molecule has 3 atom stereocenters. The van der Waals surface area contributed by atoms with Crippen LogP contribution in [0.4, 0.5) is 0 Å². The van der Waals surface area contributed by atoms with E-state index in [0.29, 0.717) is 11.4 Å². The van der Waals surface area contributed by atoms with E-state index in [-0.39, 0.29) is 18.2 Å². The average Bonchev–Trinajstić information content (AvgIpc) is 3.13. The first-order valence-corrected chi connectivity index (χ1v) is 12.5. The Balaban J connectivity index is 1.60. The summed E-state index contributed by atoms with van der Waals surface area (Å²) in [6, 6.07) is 14.7. The van der Waals surface area contributed by atoms with Crippen molar-refractivity contribution in [2.45, 2.75) is 74.9 Å². The molecule has 0 aliphatic carbocycles. The van der Waals surface area contributed by atoms with Crippen LogP contribution in [0.15, 0.2) is 47.4 Å². The molecule has 2 aromatic carbocycles. The molecule has 2 aromatic rings. The summed E-state index contributed by atoms with van der Waals surface area (Å²) in [4.78, 5) is 0.409. The number of fused-ring (bicyclic) bond motifs is 1. The number of benzene rings is 2. The molecular formula is C24H32N2O3S. The Bertz CT molecular complexity index is 989. The minimum Gasteiger partial charge on any atom is -0.490 e. The van der Waals surface area contributed by atoms with Gasteiger partial charge in [-0.3, -0.25) is 0 Å². The molecule has 1 unspecified atom stereocenters. The lowest BCUT2D eigenvalue weighted by molar-refractivity contribution is 0.250. The maximum absolute atomic E-state index is 12.8. The average molecular weight is 429 g/mol. The van der Waals surface area contributed by atoms with Crippen molar-refractivity contribution in [2.75, 3.05) is 6.54 Å². The molecule has 2 aliphatic heterocycles. The Morgan fingerprint density at radius 2 is 1.97 bits per heavy atom. The molecule has 6 heteroatoms. The monoisotopic (exact) mass is 428 g/mol. The lowest BCUT2D eigenvalue weighted by Crippen LogP contribution is -2.45. The van der Waals surface area contributed by atoms with Gasteiger partial charge in [-0.1, -0.05) is 30.3 Å². The van der Waals surface area contributed by atoms with Gasteiger partial charge in [-0.2, -0.15) is 0 Å². The molecule has 2 heterocycles. The fourth-order valence-electron chi connectivity index (χ4n) is 4.51. The van der Waals surface area contributed by atoms with Gasteiger partial charge in [0.05, 0.1) is 10.1 Å². The number of hydrogen-bond acceptors (Lipinski definition) is 5. The fourth-order valence-corrected chi connectivity index (χ4v) is 5.66. The van der Waals surface area contributed by atoms with Crippen molar-refractivity contribution in [3.05, 3.63) is 59.2 Å². The van der Waals surface area contributed by atoms with Crippen LogP contribution in [0.25, 0.3) is 0 Å². The van der Waals surface area contributed by atoms with Crippen molar-refractivity contribution < 1.29 is 13.2 Å². The summed E-state index contributed by atoms with van der Waals surface area (Å²) in [5.74, 6) is 0.859. The van der Waals surface area contributed by atoms with Gasteiger partial charge in [-0.25, -0.2) is 8.42 Å². The second kappa shape index (κ2) is 8.69. The van der Waals surface area contributed by atoms with Crippen LogP contribution in [0.2, 0.25) is 0 Å². The number of ether oxygens (including phenoxy) is 1. The quantitative estimate of drug-likeness (QED) is 0.733. The third-order valence-corrected chi connectivity index (χ3v) is 8.30. The predicted molar refractivity (Wildman–Crippen MR) is 120 cm³/mol. The predicted octanol–water partition coefficient (Wildman–Crippen LogP) is 3.78. The largest absolute Gasteiger partial charge is 0.490 e. The number of piperidine rings is 1. The maximum Gasteiger partial charge on any atom is 0.180 e. The number of hydrogen-bond donors (Lipinski definition) is 2. The van der Waals surface area contributed by atoms with Crippen molar-refractivity contribution in [3.63, 3.8) is 0 Å². The molecule has 1 fully saturated rings. The standard InChI is InChI=1S/C24H32N2O3S/c1-16(2)30(27,28)21-13-19-12-17(3)29-24(19)20(14-21)15-26-22-10-7-11-25-23(22)18-8-5-4-6-9-18/h4-6,8-9,13-14,16-17,22-23,25-26H,7,10-12,15H2,1-3H3/t17?,22-,23-/m0/s1. The lowest BCUT2D eigenvalue weighted by atomic mass is 9.92. The highest BCUT2D eigenvalue weighted by molar-refractivity contribution is 7.92. The molecule has 0 bridgehead atoms. The summed E-state index contributed by atoms with van der Waals surface area (Å²) in [7, 11) is -3.33. The summed E-state index contributed by atoms with van der Waals surface area (Å²) in [5.41, 5.74) is 3.22. The second-order valence-electron chi connectivity index (χ2n) is 8.77. The lowest BCUT2D eigenvalue weighted by Gasteiger charge is -2.34. The summed E-state index contributed by atoms with van der Waals surface area (Å²) < 4.78 is 31.7. The van der Waals surface area contributed by atoms with Crippen LogP contribution in [-0.2, 0) is 22.8 Å². The number of nitrogens with one attached hydrogen (secondary N) is 2. The molecule has 30 heavy (non-hydrogen) atoms. The highest BCUT2D eigenvalue weighted by Crippen LogP contribution is 2.36. The normalized spacial score (nSPS) is 23.9. The molecule has 0 saturated carbocycles. The number of rotatable bonds is 6. The van der Waals surface area contributed by atoms with E-state index in [1.165, 1.54) is 5.56 Å². The van der Waals surface area contributed by atoms with Gasteiger partial charge in [-0.05, 0) is 63.4 Å². The molecule has 0 amide bonds. The molecule has 2 aliphatic rings. The molecule has 1 saturated heterocycles. The topological polar surface area (TPSA) is 67.4 Å². The second-order valence-corrected chi connectivity index (χ2v) is 11.3. The maximum atomic E-state index is 12.8. The van der Waals surface area contributed by atoms with Gasteiger partial charge in [0.25, 0.3) is 0 Å². The van der Waals surface area contributed by atoms with Gasteiger partial charge >= 0.3 is 0 Å². The molecule has 5 nitrogen and oxygen atoms in total. The van der Waals surface area contributed by atoms with Crippen molar-refractivity contribution >= 4 is 9.84 Å². The Hall–Kier alpha value is -1.89. The van der Waals surface area contributed by atoms with Crippen LogP contribution in [0.1, 0.15) is 56.3 Å². The van der Waals surface area contributed by atoms with Crippen LogP contribution < -0.4 is 15.4 Å². The van der Waals surface area contributed by atoms with Gasteiger partial charge in [0.2, 0.25) is 0 Å². The van der Waals surface area contributed by atoms with Crippen molar-refractivity contribution in [1.82, 2.24) is 10.6 Å². The Labute approximate surface area is 180 Å². The Morgan fingerprint density at radius 1 is 1.20 bits per heavy atom. The van der Waals surface area contributed by atoms with Crippen molar-refractivity contribution in [3.8, 4) is 5.75 Å². The Kier molecular flexibility index (Phi) is 6.19. The summed E-state index contributed by atoms with van der Waals surface area (Å²) in [6.07, 6.45) is 3.02. The van der Waals surface area contributed by atoms with Gasteiger partial charge < -0.3 is 15.4 Å².